The van der Waals surface area contributed by atoms with E-state index in [0.29, 0.717) is 29.6 Å². The van der Waals surface area contributed by atoms with Crippen LogP contribution in [0.2, 0.25) is 0 Å². The first-order chi connectivity index (χ1) is 13.2. The molecule has 3 aromatic rings. The van der Waals surface area contributed by atoms with Crippen LogP contribution in [0.1, 0.15) is 42.9 Å². The van der Waals surface area contributed by atoms with E-state index in [0.717, 1.165) is 30.6 Å². The van der Waals surface area contributed by atoms with E-state index in [4.69, 9.17) is 9.26 Å². The zero-order valence-corrected chi connectivity index (χ0v) is 15.6. The third-order valence-corrected chi connectivity index (χ3v) is 4.06. The predicted molar refractivity (Wildman–Crippen MR) is 104 cm³/mol. The van der Waals surface area contributed by atoms with Gasteiger partial charge in [-0.1, -0.05) is 25.4 Å². The number of benzene rings is 2. The Morgan fingerprint density at radius 3 is 2.44 bits per heavy atom. The molecule has 1 N–H and O–H groups in total. The van der Waals surface area contributed by atoms with Crippen LogP contribution in [0, 0.1) is 0 Å². The van der Waals surface area contributed by atoms with Crippen molar-refractivity contribution in [3.63, 3.8) is 0 Å². The average molecular weight is 365 g/mol. The molecule has 1 amide bonds. The molecule has 27 heavy (non-hydrogen) atoms. The summed E-state index contributed by atoms with van der Waals surface area (Å²) in [5.41, 5.74) is 2.09. The Kier molecular flexibility index (Phi) is 6.20. The average Bonchev–Trinajstić information content (AvgIpc) is 3.18. The van der Waals surface area contributed by atoms with E-state index < -0.39 is 0 Å². The summed E-state index contributed by atoms with van der Waals surface area (Å²) in [6.45, 7) is 4.78. The van der Waals surface area contributed by atoms with Crippen molar-refractivity contribution in [2.75, 3.05) is 11.9 Å². The number of hydrogen-bond acceptors (Lipinski definition) is 5. The monoisotopic (exact) mass is 365 g/mol. The first-order valence-electron chi connectivity index (χ1n) is 9.16. The summed E-state index contributed by atoms with van der Waals surface area (Å²) in [6, 6.07) is 14.4. The van der Waals surface area contributed by atoms with Gasteiger partial charge in [-0.25, -0.2) is 0 Å². The molecule has 0 radical (unpaired) electrons. The highest BCUT2D eigenvalue weighted by Crippen LogP contribution is 2.21. The third-order valence-electron chi connectivity index (χ3n) is 4.06. The second-order valence-electron chi connectivity index (χ2n) is 6.13. The van der Waals surface area contributed by atoms with E-state index in [9.17, 15) is 4.79 Å². The number of aryl methyl sites for hydroxylation is 1. The third kappa shape index (κ3) is 4.94. The molecule has 2 aromatic carbocycles. The van der Waals surface area contributed by atoms with Crippen LogP contribution in [0.15, 0.2) is 53.1 Å². The number of nitrogens with one attached hydrogen (secondary N) is 1. The number of unbranched alkanes of at least 4 members (excludes halogenated alkanes) is 1. The zero-order chi connectivity index (χ0) is 19.1. The van der Waals surface area contributed by atoms with Gasteiger partial charge in [0.1, 0.15) is 5.75 Å². The lowest BCUT2D eigenvalue weighted by Crippen LogP contribution is -2.11. The summed E-state index contributed by atoms with van der Waals surface area (Å²) < 4.78 is 10.8. The number of carbonyl (C=O) groups is 1. The van der Waals surface area contributed by atoms with Crippen LogP contribution >= 0.6 is 0 Å². The van der Waals surface area contributed by atoms with Crippen molar-refractivity contribution in [1.29, 1.82) is 0 Å². The predicted octanol–water partition coefficient (Wildman–Crippen LogP) is 4.73. The van der Waals surface area contributed by atoms with Crippen LogP contribution in [0.25, 0.3) is 11.5 Å². The van der Waals surface area contributed by atoms with E-state index in [-0.39, 0.29) is 5.91 Å². The number of nitrogens with zero attached hydrogens (tertiary/aromatic N) is 2. The van der Waals surface area contributed by atoms with Gasteiger partial charge in [0, 0.05) is 23.2 Å². The molecule has 0 aliphatic carbocycles. The lowest BCUT2D eigenvalue weighted by molar-refractivity contribution is 0.102. The molecular formula is C21H23N3O3. The lowest BCUT2D eigenvalue weighted by Gasteiger charge is -2.08. The Morgan fingerprint density at radius 1 is 1.07 bits per heavy atom. The zero-order valence-electron chi connectivity index (χ0n) is 15.6. The highest BCUT2D eigenvalue weighted by molar-refractivity contribution is 6.04. The molecule has 1 heterocycles. The Bertz CT molecular complexity index is 870. The van der Waals surface area contributed by atoms with Gasteiger partial charge in [-0.05, 0) is 55.0 Å². The fraction of sp³-hybridized carbons (Fsp3) is 0.286. The Labute approximate surface area is 158 Å². The summed E-state index contributed by atoms with van der Waals surface area (Å²) in [6.07, 6.45) is 2.83. The van der Waals surface area contributed by atoms with Crippen LogP contribution in [-0.2, 0) is 6.42 Å². The number of aromatic nitrogens is 2. The smallest absolute Gasteiger partial charge is 0.257 e. The van der Waals surface area contributed by atoms with E-state index in [1.54, 1.807) is 12.1 Å². The van der Waals surface area contributed by atoms with Crippen molar-refractivity contribution in [3.8, 4) is 17.2 Å². The topological polar surface area (TPSA) is 77.2 Å². The van der Waals surface area contributed by atoms with Crippen LogP contribution < -0.4 is 10.1 Å². The van der Waals surface area contributed by atoms with Gasteiger partial charge in [0.2, 0.25) is 0 Å². The van der Waals surface area contributed by atoms with Gasteiger partial charge in [-0.2, -0.15) is 4.98 Å². The Morgan fingerprint density at radius 2 is 1.81 bits per heavy atom. The van der Waals surface area contributed by atoms with Gasteiger partial charge in [-0.15, -0.1) is 0 Å². The van der Waals surface area contributed by atoms with Gasteiger partial charge in [0.15, 0.2) is 5.82 Å². The number of hydrogen-bond donors (Lipinski definition) is 1. The fourth-order valence-electron chi connectivity index (χ4n) is 2.45. The molecule has 6 heteroatoms. The standard InChI is InChI=1S/C21H23N3O3/c1-3-5-14-26-18-12-8-15(9-13-18)20(25)22-17-10-6-16(7-11-17)21-23-19(4-2)24-27-21/h6-13H,3-5,14H2,1-2H3,(H,22,25). The number of ether oxygens (including phenoxy) is 1. The van der Waals surface area contributed by atoms with Crippen LogP contribution in [0.3, 0.4) is 0 Å². The maximum Gasteiger partial charge on any atom is 0.257 e. The summed E-state index contributed by atoms with van der Waals surface area (Å²) >= 11 is 0. The van der Waals surface area contributed by atoms with Crippen molar-refractivity contribution in [3.05, 3.63) is 59.9 Å². The molecule has 0 bridgehead atoms. The van der Waals surface area contributed by atoms with Crippen molar-refractivity contribution < 1.29 is 14.1 Å². The van der Waals surface area contributed by atoms with E-state index in [1.807, 2.05) is 43.3 Å². The molecule has 0 unspecified atom stereocenters. The minimum atomic E-state index is -0.172. The van der Waals surface area contributed by atoms with Gasteiger partial charge >= 0.3 is 0 Å². The van der Waals surface area contributed by atoms with E-state index >= 15 is 0 Å². The van der Waals surface area contributed by atoms with Crippen LogP contribution in [0.4, 0.5) is 5.69 Å². The van der Waals surface area contributed by atoms with Gasteiger partial charge in [0.25, 0.3) is 11.8 Å². The van der Waals surface area contributed by atoms with Gasteiger partial charge in [0.05, 0.1) is 6.61 Å². The number of rotatable bonds is 8. The Hall–Kier alpha value is -3.15. The van der Waals surface area contributed by atoms with E-state index in [2.05, 4.69) is 22.4 Å². The molecular weight excluding hydrogens is 342 g/mol. The highest BCUT2D eigenvalue weighted by atomic mass is 16.5. The van der Waals surface area contributed by atoms with Gasteiger partial charge in [-0.3, -0.25) is 4.79 Å². The molecule has 140 valence electrons. The summed E-state index contributed by atoms with van der Waals surface area (Å²) in [7, 11) is 0. The molecule has 6 nitrogen and oxygen atoms in total. The molecule has 0 saturated carbocycles. The minimum absolute atomic E-state index is 0.172. The lowest BCUT2D eigenvalue weighted by atomic mass is 10.1. The Balaban J connectivity index is 1.60. The maximum absolute atomic E-state index is 12.4. The number of carbonyl (C=O) groups excluding carboxylic acids is 1. The first-order valence-corrected chi connectivity index (χ1v) is 9.16. The number of amides is 1. The summed E-state index contributed by atoms with van der Waals surface area (Å²) in [5.74, 6) is 1.75. The second kappa shape index (κ2) is 8.98. The highest BCUT2D eigenvalue weighted by Gasteiger charge is 2.09. The van der Waals surface area contributed by atoms with Crippen LogP contribution in [0.5, 0.6) is 5.75 Å². The largest absolute Gasteiger partial charge is 0.494 e. The SMILES string of the molecule is CCCCOc1ccc(C(=O)Nc2ccc(-c3nc(CC)no3)cc2)cc1. The van der Waals surface area contributed by atoms with Crippen LogP contribution in [-0.4, -0.2) is 22.7 Å². The van der Waals surface area contributed by atoms with Crippen molar-refractivity contribution in [1.82, 2.24) is 10.1 Å². The second-order valence-corrected chi connectivity index (χ2v) is 6.13. The van der Waals surface area contributed by atoms with Gasteiger partial charge < -0.3 is 14.6 Å². The molecule has 0 fully saturated rings. The summed E-state index contributed by atoms with van der Waals surface area (Å²) in [4.78, 5) is 16.7. The van der Waals surface area contributed by atoms with Crippen molar-refractivity contribution >= 4 is 11.6 Å². The maximum atomic E-state index is 12.4. The number of anilines is 1. The molecule has 0 atom stereocenters. The van der Waals surface area contributed by atoms with Crippen molar-refractivity contribution in [2.24, 2.45) is 0 Å². The normalized spacial score (nSPS) is 10.6. The molecule has 0 aliphatic heterocycles. The quantitative estimate of drug-likeness (QED) is 0.584. The molecule has 3 rings (SSSR count). The summed E-state index contributed by atoms with van der Waals surface area (Å²) in [5, 5.41) is 6.76. The minimum Gasteiger partial charge on any atom is -0.494 e. The molecule has 0 aliphatic rings. The molecule has 0 saturated heterocycles. The molecule has 0 spiro atoms. The van der Waals surface area contributed by atoms with Crippen molar-refractivity contribution in [2.45, 2.75) is 33.1 Å². The first kappa shape index (κ1) is 18.6. The molecule has 1 aromatic heterocycles. The fourth-order valence-corrected chi connectivity index (χ4v) is 2.45. The van der Waals surface area contributed by atoms with E-state index in [1.165, 1.54) is 0 Å².